The van der Waals surface area contributed by atoms with Gasteiger partial charge in [-0.3, -0.25) is 0 Å². The van der Waals surface area contributed by atoms with E-state index >= 15 is 0 Å². The van der Waals surface area contributed by atoms with Crippen molar-refractivity contribution in [2.75, 3.05) is 6.79 Å². The summed E-state index contributed by atoms with van der Waals surface area (Å²) >= 11 is 3.17. The first-order chi connectivity index (χ1) is 7.09. The maximum Gasteiger partial charge on any atom is 0.257 e. The van der Waals surface area contributed by atoms with E-state index in [0.29, 0.717) is 21.5 Å². The molecule has 0 bridgehead atoms. The lowest BCUT2D eigenvalue weighted by atomic mass is 10.1. The van der Waals surface area contributed by atoms with Crippen LogP contribution in [0.15, 0.2) is 16.6 Å². The largest absolute Gasteiger partial charge is 0.454 e. The smallest absolute Gasteiger partial charge is 0.257 e. The van der Waals surface area contributed by atoms with Gasteiger partial charge in [0.25, 0.3) is 6.43 Å². The molecule has 2 N–H and O–H groups in total. The van der Waals surface area contributed by atoms with Gasteiger partial charge in [0.05, 0.1) is 6.04 Å². The zero-order chi connectivity index (χ0) is 11.0. The molecule has 90 valence electrons. The molecule has 1 aromatic carbocycles. The third kappa shape index (κ3) is 2.39. The van der Waals surface area contributed by atoms with Crippen molar-refractivity contribution in [1.82, 2.24) is 0 Å². The Morgan fingerprint density at radius 2 is 1.81 bits per heavy atom. The highest BCUT2D eigenvalue weighted by Crippen LogP contribution is 2.39. The number of halogens is 4. The maximum absolute atomic E-state index is 12.4. The Morgan fingerprint density at radius 1 is 1.25 bits per heavy atom. The first-order valence-corrected chi connectivity index (χ1v) is 5.01. The molecule has 0 saturated carbocycles. The van der Waals surface area contributed by atoms with E-state index in [2.05, 4.69) is 15.9 Å². The van der Waals surface area contributed by atoms with Gasteiger partial charge >= 0.3 is 0 Å². The first kappa shape index (κ1) is 13.5. The average molecular weight is 317 g/mol. The van der Waals surface area contributed by atoms with Gasteiger partial charge in [0.2, 0.25) is 6.79 Å². The summed E-state index contributed by atoms with van der Waals surface area (Å²) in [7, 11) is 0. The number of fused-ring (bicyclic) bond motifs is 1. The Balaban J connectivity index is 0.00000128. The molecular formula is C9H9BrClF2NO2. The van der Waals surface area contributed by atoms with E-state index in [4.69, 9.17) is 15.2 Å². The van der Waals surface area contributed by atoms with E-state index in [-0.39, 0.29) is 19.2 Å². The third-order valence-corrected chi connectivity index (χ3v) is 2.81. The van der Waals surface area contributed by atoms with Gasteiger partial charge in [0.15, 0.2) is 11.5 Å². The minimum Gasteiger partial charge on any atom is -0.454 e. The molecule has 1 aliphatic heterocycles. The fraction of sp³-hybridized carbons (Fsp3) is 0.333. The van der Waals surface area contributed by atoms with Crippen molar-refractivity contribution in [3.63, 3.8) is 0 Å². The van der Waals surface area contributed by atoms with Crippen LogP contribution in [0.5, 0.6) is 11.5 Å². The monoisotopic (exact) mass is 315 g/mol. The van der Waals surface area contributed by atoms with E-state index in [1.54, 1.807) is 6.07 Å². The Kier molecular flexibility index (Phi) is 4.35. The number of nitrogens with two attached hydrogens (primary N) is 1. The van der Waals surface area contributed by atoms with Crippen LogP contribution in [0.25, 0.3) is 0 Å². The SMILES string of the molecule is Cl.N[C@H](c1cc2c(cc1Br)OCO2)C(F)F. The number of rotatable bonds is 2. The van der Waals surface area contributed by atoms with Crippen molar-refractivity contribution in [3.05, 3.63) is 22.2 Å². The topological polar surface area (TPSA) is 44.5 Å². The molecule has 16 heavy (non-hydrogen) atoms. The maximum atomic E-state index is 12.4. The molecule has 0 radical (unpaired) electrons. The lowest BCUT2D eigenvalue weighted by Crippen LogP contribution is -2.19. The van der Waals surface area contributed by atoms with Crippen molar-refractivity contribution >= 4 is 28.3 Å². The summed E-state index contributed by atoms with van der Waals surface area (Å²) in [6.45, 7) is 0.106. The average Bonchev–Trinajstić information content (AvgIpc) is 2.62. The van der Waals surface area contributed by atoms with Crippen molar-refractivity contribution in [1.29, 1.82) is 0 Å². The minimum atomic E-state index is -2.61. The molecule has 0 amide bonds. The van der Waals surface area contributed by atoms with Crippen LogP contribution in [-0.2, 0) is 0 Å². The molecule has 0 unspecified atom stereocenters. The highest BCUT2D eigenvalue weighted by molar-refractivity contribution is 9.10. The zero-order valence-corrected chi connectivity index (χ0v) is 10.4. The molecule has 3 nitrogen and oxygen atoms in total. The highest BCUT2D eigenvalue weighted by Gasteiger charge is 2.24. The molecule has 0 saturated heterocycles. The van der Waals surface area contributed by atoms with Crippen molar-refractivity contribution in [2.45, 2.75) is 12.5 Å². The minimum absolute atomic E-state index is 0. The molecule has 0 spiro atoms. The standard InChI is InChI=1S/C9H8BrF2NO2.ClH/c10-5-2-7-6(14-3-15-7)1-4(5)8(13)9(11)12;/h1-2,8-9H,3,13H2;1H/t8-;/m1./s1. The molecule has 7 heteroatoms. The molecule has 1 aliphatic rings. The van der Waals surface area contributed by atoms with Crippen molar-refractivity contribution < 1.29 is 18.3 Å². The molecule has 1 heterocycles. The zero-order valence-electron chi connectivity index (χ0n) is 7.95. The summed E-state index contributed by atoms with van der Waals surface area (Å²) < 4.78 is 35.5. The van der Waals surface area contributed by atoms with Gasteiger partial charge < -0.3 is 15.2 Å². The Hall–Kier alpha value is -0.590. The Labute approximate surface area is 105 Å². The van der Waals surface area contributed by atoms with Crippen LogP contribution in [0.1, 0.15) is 11.6 Å². The number of hydrogen-bond acceptors (Lipinski definition) is 3. The molecule has 0 aromatic heterocycles. The van der Waals surface area contributed by atoms with Gasteiger partial charge in [-0.2, -0.15) is 0 Å². The van der Waals surface area contributed by atoms with Gasteiger partial charge in [-0.15, -0.1) is 12.4 Å². The Bertz CT molecular complexity index is 392. The van der Waals surface area contributed by atoms with Gasteiger partial charge in [-0.1, -0.05) is 15.9 Å². The first-order valence-electron chi connectivity index (χ1n) is 4.22. The quantitative estimate of drug-likeness (QED) is 0.912. The van der Waals surface area contributed by atoms with Crippen LogP contribution in [0.2, 0.25) is 0 Å². The highest BCUT2D eigenvalue weighted by atomic mass is 79.9. The summed E-state index contributed by atoms with van der Waals surface area (Å²) in [4.78, 5) is 0. The lowest BCUT2D eigenvalue weighted by Gasteiger charge is -2.13. The fourth-order valence-electron chi connectivity index (χ4n) is 1.32. The van der Waals surface area contributed by atoms with Gasteiger partial charge in [0.1, 0.15) is 0 Å². The Morgan fingerprint density at radius 3 is 2.38 bits per heavy atom. The van der Waals surface area contributed by atoms with Crippen molar-refractivity contribution in [2.24, 2.45) is 5.73 Å². The lowest BCUT2D eigenvalue weighted by molar-refractivity contribution is 0.116. The predicted octanol–water partition coefficient (Wildman–Crippen LogP) is 2.86. The number of alkyl halides is 2. The van der Waals surface area contributed by atoms with E-state index < -0.39 is 12.5 Å². The van der Waals surface area contributed by atoms with E-state index in [9.17, 15) is 8.78 Å². The van der Waals surface area contributed by atoms with Crippen LogP contribution >= 0.6 is 28.3 Å². The summed E-state index contributed by atoms with van der Waals surface area (Å²) in [5, 5.41) is 0. The summed E-state index contributed by atoms with van der Waals surface area (Å²) in [6.07, 6.45) is -2.61. The van der Waals surface area contributed by atoms with Gasteiger partial charge in [-0.05, 0) is 17.7 Å². The van der Waals surface area contributed by atoms with Crippen LogP contribution in [0.3, 0.4) is 0 Å². The summed E-state index contributed by atoms with van der Waals surface area (Å²) in [5.74, 6) is 0.983. The number of benzene rings is 1. The molecule has 0 aliphatic carbocycles. The van der Waals surface area contributed by atoms with E-state index in [1.165, 1.54) is 6.07 Å². The van der Waals surface area contributed by atoms with E-state index in [1.807, 2.05) is 0 Å². The number of ether oxygens (including phenoxy) is 2. The number of hydrogen-bond donors (Lipinski definition) is 1. The third-order valence-electron chi connectivity index (χ3n) is 2.12. The molecular weight excluding hydrogens is 307 g/mol. The van der Waals surface area contributed by atoms with Crippen LogP contribution in [-0.4, -0.2) is 13.2 Å². The summed E-state index contributed by atoms with van der Waals surface area (Å²) in [5.41, 5.74) is 5.67. The molecule has 0 fully saturated rings. The van der Waals surface area contributed by atoms with Gasteiger partial charge in [0, 0.05) is 4.47 Å². The van der Waals surface area contributed by atoms with E-state index in [0.717, 1.165) is 0 Å². The fourth-order valence-corrected chi connectivity index (χ4v) is 1.91. The predicted molar refractivity (Wildman–Crippen MR) is 60.4 cm³/mol. The molecule has 1 atom stereocenters. The van der Waals surface area contributed by atoms with Crippen LogP contribution in [0.4, 0.5) is 8.78 Å². The van der Waals surface area contributed by atoms with Crippen LogP contribution in [0, 0.1) is 0 Å². The second kappa shape index (κ2) is 5.16. The molecule has 1 aromatic rings. The summed E-state index contributed by atoms with van der Waals surface area (Å²) in [6, 6.07) is 1.73. The second-order valence-electron chi connectivity index (χ2n) is 3.09. The van der Waals surface area contributed by atoms with Crippen LogP contribution < -0.4 is 15.2 Å². The van der Waals surface area contributed by atoms with Gasteiger partial charge in [-0.25, -0.2) is 8.78 Å². The second-order valence-corrected chi connectivity index (χ2v) is 3.94. The normalized spacial score (nSPS) is 14.8. The van der Waals surface area contributed by atoms with Crippen molar-refractivity contribution in [3.8, 4) is 11.5 Å². The molecule has 2 rings (SSSR count).